The van der Waals surface area contributed by atoms with Gasteiger partial charge in [-0.1, -0.05) is 127 Å². The number of fused-ring (bicyclic) bond motifs is 8. The smallest absolute Gasteiger partial charge is 0.0617 e. The van der Waals surface area contributed by atoms with E-state index in [0.717, 1.165) is 44.2 Å². The fourth-order valence-electron chi connectivity index (χ4n) is 10.2. The second-order valence-corrected chi connectivity index (χ2v) is 15.7. The van der Waals surface area contributed by atoms with Gasteiger partial charge in [0.15, 0.2) is 0 Å². The van der Waals surface area contributed by atoms with Crippen molar-refractivity contribution in [2.45, 2.75) is 38.5 Å². The predicted octanol–water partition coefficient (Wildman–Crippen LogP) is 12.1. The maximum atomic E-state index is 2.64. The van der Waals surface area contributed by atoms with E-state index >= 15 is 0 Å². The standard InChI is InChI=1S/C54H41N3/c1-3-17-36(18-4-1)47-33-34-48(37-19-5-2-6-20-37)55(47)38-31-32-45-46(35-38)54(57-51-29-15-11-23-41(51)42-24-12-16-30-52(42)57)44-26-8-7-25-43(44)53(45)56-49-27-13-9-21-39(49)40-22-10-14-28-50(40)56/h1-6,11-20,23-35H,7-10,21-22H2. The van der Waals surface area contributed by atoms with Crippen molar-refractivity contribution in [1.29, 1.82) is 0 Å². The van der Waals surface area contributed by atoms with E-state index in [2.05, 4.69) is 190 Å². The van der Waals surface area contributed by atoms with Crippen LogP contribution in [0, 0.1) is 0 Å². The van der Waals surface area contributed by atoms with Crippen molar-refractivity contribution in [3.63, 3.8) is 0 Å². The van der Waals surface area contributed by atoms with Crippen LogP contribution in [0.4, 0.5) is 0 Å². The number of rotatable bonds is 5. The molecule has 9 aromatic rings. The van der Waals surface area contributed by atoms with E-state index in [1.807, 2.05) is 0 Å². The lowest BCUT2D eigenvalue weighted by molar-refractivity contribution is 0.922. The van der Waals surface area contributed by atoms with Crippen molar-refractivity contribution >= 4 is 56.9 Å². The Bertz CT molecular complexity index is 3120. The van der Waals surface area contributed by atoms with Crippen molar-refractivity contribution < 1.29 is 0 Å². The summed E-state index contributed by atoms with van der Waals surface area (Å²) < 4.78 is 7.68. The molecule has 0 unspecified atom stereocenters. The van der Waals surface area contributed by atoms with E-state index < -0.39 is 0 Å². The molecule has 3 aliphatic carbocycles. The lowest BCUT2D eigenvalue weighted by atomic mass is 9.94. The molecule has 0 fully saturated rings. The highest BCUT2D eigenvalue weighted by Crippen LogP contribution is 2.41. The molecule has 0 saturated heterocycles. The summed E-state index contributed by atoms with van der Waals surface area (Å²) in [4.78, 5) is 0. The van der Waals surface area contributed by atoms with Gasteiger partial charge >= 0.3 is 0 Å². The molecule has 0 N–H and O–H groups in total. The molecule has 0 spiro atoms. The number of nitrogens with zero attached hydrogens (tertiary/aromatic N) is 3. The van der Waals surface area contributed by atoms with Gasteiger partial charge in [0.05, 0.1) is 33.8 Å². The molecule has 0 bridgehead atoms. The lowest BCUT2D eigenvalue weighted by Crippen LogP contribution is -2.35. The quantitative estimate of drug-likeness (QED) is 0.167. The van der Waals surface area contributed by atoms with Crippen molar-refractivity contribution in [2.75, 3.05) is 0 Å². The Kier molecular flexibility index (Phi) is 7.31. The minimum Gasteiger partial charge on any atom is -0.309 e. The van der Waals surface area contributed by atoms with E-state index in [1.54, 1.807) is 0 Å². The Morgan fingerprint density at radius 2 is 0.895 bits per heavy atom. The molecule has 3 nitrogen and oxygen atoms in total. The first kappa shape index (κ1) is 32.4. The van der Waals surface area contributed by atoms with Crippen LogP contribution in [-0.4, -0.2) is 13.7 Å². The minimum atomic E-state index is 1.01. The second-order valence-electron chi connectivity index (χ2n) is 15.7. The molecule has 6 aromatic carbocycles. The van der Waals surface area contributed by atoms with Crippen molar-refractivity contribution in [3.05, 3.63) is 185 Å². The summed E-state index contributed by atoms with van der Waals surface area (Å²) in [6, 6.07) is 51.5. The van der Waals surface area contributed by atoms with Gasteiger partial charge in [-0.05, 0) is 109 Å². The average Bonchev–Trinajstić information content (AvgIpc) is 3.97. The van der Waals surface area contributed by atoms with Crippen LogP contribution in [0.5, 0.6) is 0 Å². The van der Waals surface area contributed by atoms with Gasteiger partial charge < -0.3 is 13.7 Å². The van der Waals surface area contributed by atoms with E-state index in [0.29, 0.717) is 0 Å². The molecule has 3 aliphatic rings. The Morgan fingerprint density at radius 1 is 0.386 bits per heavy atom. The molecule has 3 aromatic heterocycles. The zero-order valence-electron chi connectivity index (χ0n) is 31.8. The SMILES string of the molecule is C1=Cc2c(c3c(n2-c2c4c(c(-n5c6ccccc6c6ccccc65)c5cc(-n6c(-c7ccccc7)ccc6-c6ccccc6)ccc25)=CCCC=4)C=CCC3)CC1. The highest BCUT2D eigenvalue weighted by Gasteiger charge is 2.28. The summed E-state index contributed by atoms with van der Waals surface area (Å²) in [5.41, 5.74) is 16.7. The predicted molar refractivity (Wildman–Crippen MR) is 240 cm³/mol. The van der Waals surface area contributed by atoms with E-state index in [9.17, 15) is 0 Å². The van der Waals surface area contributed by atoms with Crippen LogP contribution >= 0.6 is 0 Å². The van der Waals surface area contributed by atoms with Crippen molar-refractivity contribution in [3.8, 4) is 39.6 Å². The number of hydrogen-bond acceptors (Lipinski definition) is 0. The molecule has 57 heavy (non-hydrogen) atoms. The van der Waals surface area contributed by atoms with Gasteiger partial charge in [-0.3, -0.25) is 0 Å². The topological polar surface area (TPSA) is 14.8 Å². The Morgan fingerprint density at radius 3 is 1.46 bits per heavy atom. The number of aromatic nitrogens is 3. The van der Waals surface area contributed by atoms with Gasteiger partial charge in [-0.25, -0.2) is 0 Å². The minimum absolute atomic E-state index is 1.01. The van der Waals surface area contributed by atoms with Gasteiger partial charge in [0.25, 0.3) is 0 Å². The highest BCUT2D eigenvalue weighted by atomic mass is 15.0. The van der Waals surface area contributed by atoms with Gasteiger partial charge in [0.1, 0.15) is 0 Å². The van der Waals surface area contributed by atoms with E-state index in [1.165, 1.54) is 99.4 Å². The summed E-state index contributed by atoms with van der Waals surface area (Å²) in [6.07, 6.45) is 21.1. The average molecular weight is 732 g/mol. The van der Waals surface area contributed by atoms with Crippen molar-refractivity contribution in [1.82, 2.24) is 13.7 Å². The molecule has 3 heterocycles. The van der Waals surface area contributed by atoms with E-state index in [4.69, 9.17) is 0 Å². The monoisotopic (exact) mass is 731 g/mol. The third-order valence-electron chi connectivity index (χ3n) is 12.6. The zero-order chi connectivity index (χ0) is 37.5. The van der Waals surface area contributed by atoms with Gasteiger partial charge in [-0.15, -0.1) is 0 Å². The molecule has 272 valence electrons. The molecular weight excluding hydrogens is 691 g/mol. The van der Waals surface area contributed by atoms with Crippen LogP contribution in [0.15, 0.2) is 152 Å². The number of para-hydroxylation sites is 2. The van der Waals surface area contributed by atoms with Gasteiger partial charge in [0, 0.05) is 49.1 Å². The Balaban J connectivity index is 1.27. The van der Waals surface area contributed by atoms with Crippen LogP contribution in [0.2, 0.25) is 0 Å². The fraction of sp³-hybridized carbons (Fsp3) is 0.111. The summed E-state index contributed by atoms with van der Waals surface area (Å²) >= 11 is 0. The summed E-state index contributed by atoms with van der Waals surface area (Å²) in [7, 11) is 0. The normalized spacial score (nSPS) is 14.4. The Labute approximate surface area is 332 Å². The lowest BCUT2D eigenvalue weighted by Gasteiger charge is -2.23. The molecule has 0 atom stereocenters. The van der Waals surface area contributed by atoms with Gasteiger partial charge in [-0.2, -0.15) is 0 Å². The zero-order valence-corrected chi connectivity index (χ0v) is 31.8. The number of hydrogen-bond donors (Lipinski definition) is 0. The first-order valence-electron chi connectivity index (χ1n) is 20.5. The maximum absolute atomic E-state index is 2.64. The molecule has 3 heteroatoms. The second kappa shape index (κ2) is 12.9. The first-order valence-corrected chi connectivity index (χ1v) is 20.5. The maximum Gasteiger partial charge on any atom is 0.0617 e. The van der Waals surface area contributed by atoms with Crippen molar-refractivity contribution in [2.24, 2.45) is 0 Å². The van der Waals surface area contributed by atoms with E-state index in [-0.39, 0.29) is 0 Å². The van der Waals surface area contributed by atoms with Crippen LogP contribution in [0.1, 0.15) is 48.2 Å². The largest absolute Gasteiger partial charge is 0.309 e. The molecule has 0 saturated carbocycles. The van der Waals surface area contributed by atoms with Gasteiger partial charge in [0.2, 0.25) is 0 Å². The Hall–Kier alpha value is -6.84. The highest BCUT2D eigenvalue weighted by molar-refractivity contribution is 6.11. The van der Waals surface area contributed by atoms with Crippen LogP contribution in [0.3, 0.4) is 0 Å². The third kappa shape index (κ3) is 4.85. The van der Waals surface area contributed by atoms with Crippen LogP contribution < -0.4 is 10.4 Å². The summed E-state index contributed by atoms with van der Waals surface area (Å²) in [6.45, 7) is 0. The van der Waals surface area contributed by atoms with Crippen LogP contribution in [0.25, 0.3) is 96.5 Å². The first-order chi connectivity index (χ1) is 28.3. The molecule has 0 radical (unpaired) electrons. The summed E-state index contributed by atoms with van der Waals surface area (Å²) in [5.74, 6) is 0. The molecular formula is C54H41N3. The number of allylic oxidation sites excluding steroid dienone is 2. The molecule has 0 amide bonds. The summed E-state index contributed by atoms with van der Waals surface area (Å²) in [5, 5.41) is 7.75. The third-order valence-corrected chi connectivity index (χ3v) is 12.6. The molecule has 12 rings (SSSR count). The molecule has 0 aliphatic heterocycles. The fourth-order valence-corrected chi connectivity index (χ4v) is 10.2. The van der Waals surface area contributed by atoms with Crippen LogP contribution in [-0.2, 0) is 12.8 Å². The number of benzene rings is 6.